The molecule has 1 unspecified atom stereocenters. The van der Waals surface area contributed by atoms with Gasteiger partial charge in [0.25, 0.3) is 5.56 Å². The molecule has 0 aliphatic rings. The second kappa shape index (κ2) is 9.64. The van der Waals surface area contributed by atoms with Gasteiger partial charge in [0.15, 0.2) is 5.65 Å². The number of aromatic nitrogens is 5. The molecule has 0 aliphatic heterocycles. The van der Waals surface area contributed by atoms with Gasteiger partial charge in [-0.3, -0.25) is 24.1 Å². The largest absolute Gasteiger partial charge is 0.336 e. The Labute approximate surface area is 189 Å². The van der Waals surface area contributed by atoms with Gasteiger partial charge in [0, 0.05) is 13.5 Å². The first-order valence-electron chi connectivity index (χ1n) is 11.0. The molecular weight excluding hydrogens is 420 g/mol. The Morgan fingerprint density at radius 1 is 1.12 bits per heavy atom. The minimum atomic E-state index is -0.492. The highest BCUT2D eigenvalue weighted by molar-refractivity contribution is 5.88. The molecule has 4 aromatic rings. The Balaban J connectivity index is 1.81. The average molecular weight is 447 g/mol. The lowest BCUT2D eigenvalue weighted by molar-refractivity contribution is -0.114. The van der Waals surface area contributed by atoms with Crippen LogP contribution in [0.15, 0.2) is 58.3 Å². The second-order valence-corrected chi connectivity index (χ2v) is 7.98. The third-order valence-electron chi connectivity index (χ3n) is 5.46. The lowest BCUT2D eigenvalue weighted by atomic mass is 9.95. The molecule has 4 rings (SSSR count). The molecule has 170 valence electrons. The lowest BCUT2D eigenvalue weighted by Gasteiger charge is -2.15. The number of nitrogens with zero attached hydrogens (tertiary/aromatic N) is 3. The molecule has 9 heteroatoms. The number of amides is 1. The summed E-state index contributed by atoms with van der Waals surface area (Å²) in [6.45, 7) is 3.95. The SMILES string of the molecule is CCCCn1c(=O)[nH]c(=O)c2[nH]c(C(Cc3ccccc3)c3ccc(NC(C)=O)cn3)nc21. The van der Waals surface area contributed by atoms with Gasteiger partial charge in [-0.2, -0.15) is 0 Å². The van der Waals surface area contributed by atoms with Crippen molar-refractivity contribution in [2.75, 3.05) is 5.32 Å². The van der Waals surface area contributed by atoms with Gasteiger partial charge in [0.1, 0.15) is 11.3 Å². The van der Waals surface area contributed by atoms with E-state index in [0.29, 0.717) is 30.1 Å². The van der Waals surface area contributed by atoms with Gasteiger partial charge in [-0.05, 0) is 30.5 Å². The van der Waals surface area contributed by atoms with Crippen molar-refractivity contribution in [3.63, 3.8) is 0 Å². The van der Waals surface area contributed by atoms with E-state index >= 15 is 0 Å². The summed E-state index contributed by atoms with van der Waals surface area (Å²) in [6, 6.07) is 13.5. The van der Waals surface area contributed by atoms with Crippen molar-refractivity contribution >= 4 is 22.8 Å². The van der Waals surface area contributed by atoms with Crippen LogP contribution in [0.25, 0.3) is 11.2 Å². The number of aryl methyl sites for hydroxylation is 1. The Kier molecular flexibility index (Phi) is 6.48. The van der Waals surface area contributed by atoms with Crippen molar-refractivity contribution in [1.82, 2.24) is 24.5 Å². The topological polar surface area (TPSA) is 126 Å². The van der Waals surface area contributed by atoms with E-state index in [0.717, 1.165) is 24.1 Å². The molecule has 33 heavy (non-hydrogen) atoms. The molecule has 3 N–H and O–H groups in total. The summed E-state index contributed by atoms with van der Waals surface area (Å²) >= 11 is 0. The summed E-state index contributed by atoms with van der Waals surface area (Å²) in [5.74, 6) is 0.0854. The number of hydrogen-bond acceptors (Lipinski definition) is 5. The van der Waals surface area contributed by atoms with Gasteiger partial charge in [0.05, 0.1) is 23.5 Å². The zero-order valence-electron chi connectivity index (χ0n) is 18.6. The Hall–Kier alpha value is -4.01. The Morgan fingerprint density at radius 2 is 1.91 bits per heavy atom. The van der Waals surface area contributed by atoms with Gasteiger partial charge in [-0.1, -0.05) is 43.7 Å². The Morgan fingerprint density at radius 3 is 2.58 bits per heavy atom. The van der Waals surface area contributed by atoms with E-state index in [-0.39, 0.29) is 17.3 Å². The zero-order valence-corrected chi connectivity index (χ0v) is 18.6. The highest BCUT2D eigenvalue weighted by atomic mass is 16.2. The number of rotatable bonds is 8. The third-order valence-corrected chi connectivity index (χ3v) is 5.46. The molecule has 0 aliphatic carbocycles. The van der Waals surface area contributed by atoms with Crippen molar-refractivity contribution < 1.29 is 4.79 Å². The quantitative estimate of drug-likeness (QED) is 0.384. The maximum absolute atomic E-state index is 12.5. The van der Waals surface area contributed by atoms with Crippen LogP contribution in [0.5, 0.6) is 0 Å². The molecule has 3 aromatic heterocycles. The smallest absolute Gasteiger partial charge is 0.330 e. The van der Waals surface area contributed by atoms with Gasteiger partial charge in [-0.25, -0.2) is 9.78 Å². The predicted octanol–water partition coefficient (Wildman–Crippen LogP) is 2.94. The summed E-state index contributed by atoms with van der Waals surface area (Å²) in [4.78, 5) is 51.1. The fraction of sp³-hybridized carbons (Fsp3) is 0.292. The van der Waals surface area contributed by atoms with E-state index < -0.39 is 11.2 Å². The van der Waals surface area contributed by atoms with Crippen LogP contribution in [0.2, 0.25) is 0 Å². The summed E-state index contributed by atoms with van der Waals surface area (Å²) in [6.07, 6.45) is 3.89. The van der Waals surface area contributed by atoms with E-state index in [1.165, 1.54) is 11.5 Å². The fourth-order valence-corrected chi connectivity index (χ4v) is 3.83. The molecule has 0 fully saturated rings. The summed E-state index contributed by atoms with van der Waals surface area (Å²) in [5, 5.41) is 2.71. The van der Waals surface area contributed by atoms with E-state index in [1.54, 1.807) is 12.3 Å². The number of hydrogen-bond donors (Lipinski definition) is 3. The van der Waals surface area contributed by atoms with E-state index in [2.05, 4.69) is 20.3 Å². The molecule has 1 amide bonds. The van der Waals surface area contributed by atoms with Crippen molar-refractivity contribution in [1.29, 1.82) is 0 Å². The highest BCUT2D eigenvalue weighted by Gasteiger charge is 2.23. The van der Waals surface area contributed by atoms with Gasteiger partial charge >= 0.3 is 5.69 Å². The molecule has 0 spiro atoms. The number of pyridine rings is 1. The number of unbranched alkanes of at least 4 members (excludes halogenated alkanes) is 1. The van der Waals surface area contributed by atoms with E-state index in [9.17, 15) is 14.4 Å². The molecule has 9 nitrogen and oxygen atoms in total. The van der Waals surface area contributed by atoms with Gasteiger partial charge in [-0.15, -0.1) is 0 Å². The average Bonchev–Trinajstić information content (AvgIpc) is 3.24. The molecule has 0 saturated heterocycles. The maximum atomic E-state index is 12.5. The summed E-state index contributed by atoms with van der Waals surface area (Å²) in [7, 11) is 0. The van der Waals surface area contributed by atoms with Crippen molar-refractivity contribution in [3.8, 4) is 0 Å². The summed E-state index contributed by atoms with van der Waals surface area (Å²) in [5.41, 5.74) is 2.07. The van der Waals surface area contributed by atoms with Crippen LogP contribution in [-0.2, 0) is 17.8 Å². The van der Waals surface area contributed by atoms with Crippen LogP contribution in [0, 0.1) is 0 Å². The number of fused-ring (bicyclic) bond motifs is 1. The Bertz CT molecular complexity index is 1370. The molecule has 0 bridgehead atoms. The monoisotopic (exact) mass is 446 g/mol. The highest BCUT2D eigenvalue weighted by Crippen LogP contribution is 2.27. The molecule has 3 heterocycles. The van der Waals surface area contributed by atoms with Crippen LogP contribution in [-0.4, -0.2) is 30.4 Å². The van der Waals surface area contributed by atoms with Crippen LogP contribution in [0.1, 0.15) is 49.7 Å². The first kappa shape index (κ1) is 22.2. The van der Waals surface area contributed by atoms with Gasteiger partial charge in [0.2, 0.25) is 5.91 Å². The molecule has 1 aromatic carbocycles. The standard InChI is InChI=1S/C24H26N6O3/c1-3-4-12-30-22-20(23(32)29-24(30)33)27-21(28-22)18(13-16-8-6-5-7-9-16)19-11-10-17(14-25-19)26-15(2)31/h5-11,14,18H,3-4,12-13H2,1-2H3,(H,26,31)(H,27,28)(H,29,32,33). The first-order valence-corrected chi connectivity index (χ1v) is 11.0. The number of carbonyl (C=O) groups excluding carboxylic acids is 1. The van der Waals surface area contributed by atoms with Crippen molar-refractivity contribution in [2.24, 2.45) is 0 Å². The number of H-pyrrole nitrogens is 2. The number of anilines is 1. The van der Waals surface area contributed by atoms with Crippen molar-refractivity contribution in [2.45, 2.75) is 45.6 Å². The fourth-order valence-electron chi connectivity index (χ4n) is 3.83. The molecular formula is C24H26N6O3. The molecule has 1 atom stereocenters. The van der Waals surface area contributed by atoms with Crippen LogP contribution in [0.4, 0.5) is 5.69 Å². The van der Waals surface area contributed by atoms with Crippen LogP contribution in [0.3, 0.4) is 0 Å². The third kappa shape index (κ3) is 4.92. The molecule has 0 radical (unpaired) electrons. The van der Waals surface area contributed by atoms with Crippen LogP contribution < -0.4 is 16.6 Å². The number of imidazole rings is 1. The predicted molar refractivity (Wildman–Crippen MR) is 126 cm³/mol. The van der Waals surface area contributed by atoms with E-state index in [1.807, 2.05) is 43.3 Å². The van der Waals surface area contributed by atoms with Crippen molar-refractivity contribution in [3.05, 3.63) is 86.6 Å². The summed E-state index contributed by atoms with van der Waals surface area (Å²) < 4.78 is 1.51. The van der Waals surface area contributed by atoms with Gasteiger partial charge < -0.3 is 10.3 Å². The number of aromatic amines is 2. The minimum Gasteiger partial charge on any atom is -0.336 e. The van der Waals surface area contributed by atoms with E-state index in [4.69, 9.17) is 4.98 Å². The minimum absolute atomic E-state index is 0.174. The number of nitrogens with one attached hydrogen (secondary N) is 3. The lowest BCUT2D eigenvalue weighted by Crippen LogP contribution is -2.30. The normalized spacial score (nSPS) is 12.1. The maximum Gasteiger partial charge on any atom is 0.330 e. The zero-order chi connectivity index (χ0) is 23.4. The number of carbonyl (C=O) groups is 1. The van der Waals surface area contributed by atoms with Crippen LogP contribution >= 0.6 is 0 Å². The second-order valence-electron chi connectivity index (χ2n) is 7.98. The molecule has 0 saturated carbocycles. The first-order chi connectivity index (χ1) is 16.0. The number of benzene rings is 1.